The molecule has 2 N–H and O–H groups in total. The number of carbonyl (C=O) groups excluding carboxylic acids is 2. The molecule has 0 saturated heterocycles. The third kappa shape index (κ3) is 1.13. The first kappa shape index (κ1) is 10.6. The van der Waals surface area contributed by atoms with Gasteiger partial charge in [-0.05, 0) is 6.92 Å². The van der Waals surface area contributed by atoms with E-state index in [1.807, 2.05) is 0 Å². The van der Waals surface area contributed by atoms with Crippen molar-refractivity contribution in [2.24, 2.45) is 7.05 Å². The summed E-state index contributed by atoms with van der Waals surface area (Å²) in [6, 6.07) is 0. The quantitative estimate of drug-likeness (QED) is 0.651. The summed E-state index contributed by atoms with van der Waals surface area (Å²) in [4.78, 5) is 26.9. The molecule has 1 heterocycles. The third-order valence-electron chi connectivity index (χ3n) is 2.67. The molecule has 6 heteroatoms. The standard InChI is InChI=1S/C10H10N2O4/c1-4-8(14)7-6(10(16)9(4)15)11-5(3-13)12(7)2/h13-14H,3H2,1-2H3. The summed E-state index contributed by atoms with van der Waals surface area (Å²) in [5, 5.41) is 18.8. The van der Waals surface area contributed by atoms with E-state index in [1.54, 1.807) is 7.05 Å². The zero-order valence-electron chi connectivity index (χ0n) is 8.81. The molecule has 84 valence electrons. The number of imidazole rings is 1. The summed E-state index contributed by atoms with van der Waals surface area (Å²) in [7, 11) is 1.56. The van der Waals surface area contributed by atoms with Crippen molar-refractivity contribution in [3.8, 4) is 0 Å². The van der Waals surface area contributed by atoms with Gasteiger partial charge in [0.15, 0.2) is 0 Å². The number of rotatable bonds is 1. The van der Waals surface area contributed by atoms with E-state index in [0.29, 0.717) is 0 Å². The molecular formula is C10H10N2O4. The molecule has 2 rings (SSSR count). The van der Waals surface area contributed by atoms with Crippen LogP contribution in [-0.4, -0.2) is 31.3 Å². The average molecular weight is 222 g/mol. The smallest absolute Gasteiger partial charge is 0.253 e. The number of aliphatic hydroxyl groups is 2. The van der Waals surface area contributed by atoms with E-state index in [1.165, 1.54) is 11.5 Å². The first-order valence-corrected chi connectivity index (χ1v) is 4.64. The lowest BCUT2D eigenvalue weighted by atomic mass is 9.97. The molecule has 0 bridgehead atoms. The second-order valence-corrected chi connectivity index (χ2v) is 3.57. The van der Waals surface area contributed by atoms with Crippen molar-refractivity contribution in [1.29, 1.82) is 0 Å². The van der Waals surface area contributed by atoms with Gasteiger partial charge in [-0.15, -0.1) is 0 Å². The Hall–Kier alpha value is -1.95. The molecule has 1 aliphatic carbocycles. The zero-order chi connectivity index (χ0) is 12.0. The molecule has 1 aromatic rings. The Morgan fingerprint density at radius 3 is 2.50 bits per heavy atom. The van der Waals surface area contributed by atoms with Crippen LogP contribution in [0, 0.1) is 0 Å². The predicted octanol–water partition coefficient (Wildman–Crippen LogP) is -0.0332. The minimum absolute atomic E-state index is 0.00462. The molecule has 16 heavy (non-hydrogen) atoms. The lowest BCUT2D eigenvalue weighted by Crippen LogP contribution is -2.23. The Morgan fingerprint density at radius 1 is 1.31 bits per heavy atom. The van der Waals surface area contributed by atoms with Gasteiger partial charge >= 0.3 is 0 Å². The molecule has 6 nitrogen and oxygen atoms in total. The maximum Gasteiger partial charge on any atom is 0.253 e. The summed E-state index contributed by atoms with van der Waals surface area (Å²) >= 11 is 0. The number of Topliss-reactive ketones (excluding diaryl/α,β-unsaturated/α-hetero) is 2. The minimum atomic E-state index is -0.757. The fourth-order valence-electron chi connectivity index (χ4n) is 1.68. The van der Waals surface area contributed by atoms with Crippen LogP contribution >= 0.6 is 0 Å². The van der Waals surface area contributed by atoms with Crippen molar-refractivity contribution in [1.82, 2.24) is 9.55 Å². The van der Waals surface area contributed by atoms with E-state index in [2.05, 4.69) is 4.98 Å². The Morgan fingerprint density at radius 2 is 1.94 bits per heavy atom. The first-order chi connectivity index (χ1) is 7.49. The highest BCUT2D eigenvalue weighted by atomic mass is 16.3. The lowest BCUT2D eigenvalue weighted by molar-refractivity contribution is -0.111. The van der Waals surface area contributed by atoms with E-state index in [0.717, 1.165) is 0 Å². The van der Waals surface area contributed by atoms with Crippen molar-refractivity contribution in [3.63, 3.8) is 0 Å². The van der Waals surface area contributed by atoms with Crippen LogP contribution in [0.4, 0.5) is 0 Å². The van der Waals surface area contributed by atoms with Gasteiger partial charge in [0.25, 0.3) is 5.78 Å². The van der Waals surface area contributed by atoms with Crippen LogP contribution in [0.3, 0.4) is 0 Å². The Bertz CT molecular complexity index is 539. The molecule has 0 fully saturated rings. The van der Waals surface area contributed by atoms with E-state index >= 15 is 0 Å². The average Bonchev–Trinajstić information content (AvgIpc) is 2.61. The maximum absolute atomic E-state index is 11.6. The summed E-state index contributed by atoms with van der Waals surface area (Å²) in [6.45, 7) is 1.02. The summed E-state index contributed by atoms with van der Waals surface area (Å²) < 4.78 is 1.40. The van der Waals surface area contributed by atoms with Crippen LogP contribution in [-0.2, 0) is 18.4 Å². The van der Waals surface area contributed by atoms with Gasteiger partial charge in [-0.2, -0.15) is 0 Å². The normalized spacial score (nSPS) is 15.7. The minimum Gasteiger partial charge on any atom is -0.505 e. The molecule has 0 spiro atoms. The molecule has 0 aliphatic heterocycles. The highest BCUT2D eigenvalue weighted by Crippen LogP contribution is 2.27. The van der Waals surface area contributed by atoms with Crippen molar-refractivity contribution in [2.75, 3.05) is 0 Å². The van der Waals surface area contributed by atoms with E-state index in [4.69, 9.17) is 5.11 Å². The van der Waals surface area contributed by atoms with E-state index < -0.39 is 11.6 Å². The van der Waals surface area contributed by atoms with Gasteiger partial charge < -0.3 is 14.8 Å². The molecule has 0 amide bonds. The Kier molecular flexibility index (Phi) is 2.16. The van der Waals surface area contributed by atoms with Crippen LogP contribution in [0.1, 0.15) is 28.9 Å². The molecule has 0 unspecified atom stereocenters. The highest BCUT2D eigenvalue weighted by molar-refractivity contribution is 6.51. The number of nitrogens with zero attached hydrogens (tertiary/aromatic N) is 2. The second-order valence-electron chi connectivity index (χ2n) is 3.57. The van der Waals surface area contributed by atoms with Gasteiger partial charge in [-0.25, -0.2) is 4.98 Å². The second kappa shape index (κ2) is 3.28. The van der Waals surface area contributed by atoms with Crippen molar-refractivity contribution in [3.05, 3.63) is 22.8 Å². The monoisotopic (exact) mass is 222 g/mol. The van der Waals surface area contributed by atoms with Crippen molar-refractivity contribution in [2.45, 2.75) is 13.5 Å². The summed E-state index contributed by atoms with van der Waals surface area (Å²) in [6.07, 6.45) is 0. The SMILES string of the molecule is CC1=C(O)c2c(nc(CO)n2C)C(=O)C1=O. The molecule has 1 aliphatic rings. The third-order valence-corrected chi connectivity index (χ3v) is 2.67. The lowest BCUT2D eigenvalue weighted by Gasteiger charge is -2.12. The molecule has 0 saturated carbocycles. The molecule has 0 aromatic carbocycles. The predicted molar refractivity (Wildman–Crippen MR) is 53.7 cm³/mol. The number of fused-ring (bicyclic) bond motifs is 1. The Labute approximate surface area is 90.8 Å². The van der Waals surface area contributed by atoms with Gasteiger partial charge in [-0.3, -0.25) is 9.59 Å². The van der Waals surface area contributed by atoms with Crippen LogP contribution in [0.5, 0.6) is 0 Å². The highest BCUT2D eigenvalue weighted by Gasteiger charge is 2.35. The molecule has 0 radical (unpaired) electrons. The van der Waals surface area contributed by atoms with E-state index in [9.17, 15) is 14.7 Å². The number of aromatic nitrogens is 2. The van der Waals surface area contributed by atoms with Crippen LogP contribution in [0.25, 0.3) is 5.76 Å². The van der Waals surface area contributed by atoms with Crippen LogP contribution in [0.15, 0.2) is 5.57 Å². The topological polar surface area (TPSA) is 92.4 Å². The fraction of sp³-hybridized carbons (Fsp3) is 0.300. The number of hydrogen-bond acceptors (Lipinski definition) is 5. The van der Waals surface area contributed by atoms with Crippen molar-refractivity contribution >= 4 is 17.3 Å². The summed E-state index contributed by atoms with van der Waals surface area (Å²) in [5.74, 6) is -1.53. The zero-order valence-corrected chi connectivity index (χ0v) is 8.81. The molecule has 0 atom stereocenters. The number of carbonyl (C=O) groups is 2. The number of allylic oxidation sites excluding steroid dienone is 1. The van der Waals surface area contributed by atoms with Crippen LogP contribution < -0.4 is 0 Å². The fourth-order valence-corrected chi connectivity index (χ4v) is 1.68. The number of hydrogen-bond donors (Lipinski definition) is 2. The van der Waals surface area contributed by atoms with Gasteiger partial charge in [-0.1, -0.05) is 0 Å². The molecular weight excluding hydrogens is 212 g/mol. The maximum atomic E-state index is 11.6. The van der Waals surface area contributed by atoms with Crippen LogP contribution in [0.2, 0.25) is 0 Å². The number of ketones is 2. The van der Waals surface area contributed by atoms with Gasteiger partial charge in [0, 0.05) is 12.6 Å². The largest absolute Gasteiger partial charge is 0.505 e. The van der Waals surface area contributed by atoms with Gasteiger partial charge in [0.2, 0.25) is 5.78 Å². The van der Waals surface area contributed by atoms with E-state index in [-0.39, 0.29) is 35.2 Å². The van der Waals surface area contributed by atoms with Crippen molar-refractivity contribution < 1.29 is 19.8 Å². The first-order valence-electron chi connectivity index (χ1n) is 4.64. The molecule has 1 aromatic heterocycles. The Balaban J connectivity index is 2.79. The number of aliphatic hydroxyl groups excluding tert-OH is 2. The van der Waals surface area contributed by atoms with Gasteiger partial charge in [0.1, 0.15) is 29.6 Å². The van der Waals surface area contributed by atoms with Gasteiger partial charge in [0.05, 0.1) is 0 Å². The summed E-state index contributed by atoms with van der Waals surface area (Å²) in [5.41, 5.74) is 0.0933.